The van der Waals surface area contributed by atoms with Crippen LogP contribution in [0.3, 0.4) is 0 Å². The van der Waals surface area contributed by atoms with E-state index in [-0.39, 0.29) is 0 Å². The Bertz CT molecular complexity index is 150. The largest absolute Gasteiger partial charge is 0.310 e. The first-order chi connectivity index (χ1) is 5.22. The molecule has 64 valence electrons. The Balaban J connectivity index is 1.93. The van der Waals surface area contributed by atoms with Crippen molar-refractivity contribution in [2.45, 2.75) is 38.3 Å². The molecule has 11 heavy (non-hydrogen) atoms. The van der Waals surface area contributed by atoms with E-state index in [9.17, 15) is 0 Å². The van der Waals surface area contributed by atoms with Gasteiger partial charge in [-0.15, -0.1) is 0 Å². The molecule has 1 unspecified atom stereocenters. The van der Waals surface area contributed by atoms with Crippen molar-refractivity contribution in [3.05, 3.63) is 0 Å². The second-order valence-electron chi connectivity index (χ2n) is 4.27. The van der Waals surface area contributed by atoms with Gasteiger partial charge in [0.2, 0.25) is 0 Å². The van der Waals surface area contributed by atoms with Crippen molar-refractivity contribution in [2.24, 2.45) is 0 Å². The van der Waals surface area contributed by atoms with Crippen molar-refractivity contribution < 1.29 is 0 Å². The van der Waals surface area contributed by atoms with Gasteiger partial charge < -0.3 is 5.32 Å². The highest BCUT2D eigenvalue weighted by atomic mass is 15.2. The summed E-state index contributed by atoms with van der Waals surface area (Å²) in [5, 5.41) is 3.56. The summed E-state index contributed by atoms with van der Waals surface area (Å²) in [6.07, 6.45) is 2.77. The number of nitrogens with one attached hydrogen (secondary N) is 1. The van der Waals surface area contributed by atoms with Crippen LogP contribution >= 0.6 is 0 Å². The van der Waals surface area contributed by atoms with Crippen LogP contribution in [0.2, 0.25) is 0 Å². The van der Waals surface area contributed by atoms with Crippen LogP contribution in [0.1, 0.15) is 26.7 Å². The summed E-state index contributed by atoms with van der Waals surface area (Å²) in [4.78, 5) is 2.58. The molecule has 0 aromatic carbocycles. The molecule has 1 spiro atoms. The third-order valence-corrected chi connectivity index (χ3v) is 3.22. The van der Waals surface area contributed by atoms with Gasteiger partial charge in [0.15, 0.2) is 0 Å². The van der Waals surface area contributed by atoms with Crippen molar-refractivity contribution in [1.82, 2.24) is 10.2 Å². The van der Waals surface area contributed by atoms with E-state index in [2.05, 4.69) is 24.1 Å². The van der Waals surface area contributed by atoms with Gasteiger partial charge in [-0.3, -0.25) is 4.90 Å². The fourth-order valence-electron chi connectivity index (χ4n) is 2.17. The van der Waals surface area contributed by atoms with E-state index < -0.39 is 0 Å². The topological polar surface area (TPSA) is 15.3 Å². The molecule has 0 saturated carbocycles. The van der Waals surface area contributed by atoms with Gasteiger partial charge in [0.05, 0.1) is 0 Å². The maximum absolute atomic E-state index is 3.56. The molecule has 2 rings (SSSR count). The molecule has 0 amide bonds. The minimum absolute atomic E-state index is 0.546. The van der Waals surface area contributed by atoms with Crippen molar-refractivity contribution in [3.8, 4) is 0 Å². The Labute approximate surface area is 69.0 Å². The van der Waals surface area contributed by atoms with Gasteiger partial charge in [0.25, 0.3) is 0 Å². The molecule has 2 aliphatic heterocycles. The first kappa shape index (κ1) is 7.56. The molecule has 0 radical (unpaired) electrons. The summed E-state index contributed by atoms with van der Waals surface area (Å²) >= 11 is 0. The summed E-state index contributed by atoms with van der Waals surface area (Å²) in [5.74, 6) is 0. The number of rotatable bonds is 1. The second-order valence-corrected chi connectivity index (χ2v) is 4.27. The SMILES string of the molecule is CC(C)N1CCC2(CCN2)C1. The zero-order chi connectivity index (χ0) is 7.90. The van der Waals surface area contributed by atoms with Crippen molar-refractivity contribution >= 4 is 0 Å². The summed E-state index contributed by atoms with van der Waals surface area (Å²) < 4.78 is 0. The lowest BCUT2D eigenvalue weighted by Gasteiger charge is -2.40. The maximum Gasteiger partial charge on any atom is 0.0333 e. The third-order valence-electron chi connectivity index (χ3n) is 3.22. The van der Waals surface area contributed by atoms with Gasteiger partial charge in [-0.05, 0) is 33.2 Å². The van der Waals surface area contributed by atoms with Gasteiger partial charge in [-0.2, -0.15) is 0 Å². The number of likely N-dealkylation sites (tertiary alicyclic amines) is 1. The summed E-state index contributed by atoms with van der Waals surface area (Å²) in [7, 11) is 0. The molecular weight excluding hydrogens is 136 g/mol. The van der Waals surface area contributed by atoms with Crippen molar-refractivity contribution in [1.29, 1.82) is 0 Å². The van der Waals surface area contributed by atoms with Crippen LogP contribution < -0.4 is 5.32 Å². The normalized spacial score (nSPS) is 38.5. The highest BCUT2D eigenvalue weighted by Crippen LogP contribution is 2.30. The third kappa shape index (κ3) is 1.18. The number of hydrogen-bond donors (Lipinski definition) is 1. The molecular formula is C9H18N2. The first-order valence-electron chi connectivity index (χ1n) is 4.71. The number of hydrogen-bond acceptors (Lipinski definition) is 2. The van der Waals surface area contributed by atoms with Crippen molar-refractivity contribution in [3.63, 3.8) is 0 Å². The van der Waals surface area contributed by atoms with Gasteiger partial charge >= 0.3 is 0 Å². The van der Waals surface area contributed by atoms with E-state index >= 15 is 0 Å². The standard InChI is InChI=1S/C9H18N2/c1-8(2)11-6-4-9(7-11)3-5-10-9/h8,10H,3-7H2,1-2H3. The van der Waals surface area contributed by atoms with Gasteiger partial charge in [0.1, 0.15) is 0 Å². The molecule has 2 heterocycles. The van der Waals surface area contributed by atoms with E-state index in [0.29, 0.717) is 5.54 Å². The summed E-state index contributed by atoms with van der Waals surface area (Å²) in [6.45, 7) is 8.40. The van der Waals surface area contributed by atoms with E-state index in [1.54, 1.807) is 0 Å². The summed E-state index contributed by atoms with van der Waals surface area (Å²) in [6, 6.07) is 0.733. The minimum Gasteiger partial charge on any atom is -0.310 e. The Morgan fingerprint density at radius 2 is 2.09 bits per heavy atom. The molecule has 1 atom stereocenters. The van der Waals surface area contributed by atoms with Crippen LogP contribution in [0.25, 0.3) is 0 Å². The second kappa shape index (κ2) is 2.46. The van der Waals surface area contributed by atoms with E-state index in [4.69, 9.17) is 0 Å². The average Bonchev–Trinajstić information content (AvgIpc) is 2.28. The van der Waals surface area contributed by atoms with Crippen LogP contribution in [0.15, 0.2) is 0 Å². The molecule has 2 nitrogen and oxygen atoms in total. The minimum atomic E-state index is 0.546. The molecule has 0 aromatic rings. The lowest BCUT2D eigenvalue weighted by molar-refractivity contribution is 0.185. The highest BCUT2D eigenvalue weighted by Gasteiger charge is 2.42. The molecule has 2 heteroatoms. The van der Waals surface area contributed by atoms with Gasteiger partial charge in [-0.1, -0.05) is 0 Å². The highest BCUT2D eigenvalue weighted by molar-refractivity contribution is 5.03. The molecule has 2 fully saturated rings. The first-order valence-corrected chi connectivity index (χ1v) is 4.71. The zero-order valence-corrected chi connectivity index (χ0v) is 7.56. The van der Waals surface area contributed by atoms with Gasteiger partial charge in [-0.25, -0.2) is 0 Å². The predicted molar refractivity (Wildman–Crippen MR) is 46.7 cm³/mol. The van der Waals surface area contributed by atoms with Crippen LogP contribution in [0, 0.1) is 0 Å². The lowest BCUT2D eigenvalue weighted by atomic mass is 9.87. The maximum atomic E-state index is 3.56. The van der Waals surface area contributed by atoms with Crippen LogP contribution in [-0.4, -0.2) is 36.1 Å². The quantitative estimate of drug-likeness (QED) is 0.602. The van der Waals surface area contributed by atoms with E-state index in [1.165, 1.54) is 32.5 Å². The van der Waals surface area contributed by atoms with Gasteiger partial charge in [0, 0.05) is 24.7 Å². The van der Waals surface area contributed by atoms with E-state index in [1.807, 2.05) is 0 Å². The van der Waals surface area contributed by atoms with Crippen LogP contribution in [-0.2, 0) is 0 Å². The fourth-order valence-corrected chi connectivity index (χ4v) is 2.17. The molecule has 2 saturated heterocycles. The molecule has 0 bridgehead atoms. The molecule has 0 aromatic heterocycles. The number of nitrogens with zero attached hydrogens (tertiary/aromatic N) is 1. The monoisotopic (exact) mass is 154 g/mol. The average molecular weight is 154 g/mol. The van der Waals surface area contributed by atoms with Crippen LogP contribution in [0.5, 0.6) is 0 Å². The lowest BCUT2D eigenvalue weighted by Crippen LogP contribution is -2.58. The molecule has 0 aliphatic carbocycles. The Kier molecular flexibility index (Phi) is 1.69. The summed E-state index contributed by atoms with van der Waals surface area (Å²) in [5.41, 5.74) is 0.546. The Morgan fingerprint density at radius 3 is 2.36 bits per heavy atom. The Hall–Kier alpha value is -0.0800. The van der Waals surface area contributed by atoms with Crippen LogP contribution in [0.4, 0.5) is 0 Å². The molecule has 2 aliphatic rings. The van der Waals surface area contributed by atoms with E-state index in [0.717, 1.165) is 6.04 Å². The zero-order valence-electron chi connectivity index (χ0n) is 7.56. The van der Waals surface area contributed by atoms with Crippen molar-refractivity contribution in [2.75, 3.05) is 19.6 Å². The molecule has 1 N–H and O–H groups in total. The Morgan fingerprint density at radius 1 is 1.36 bits per heavy atom. The fraction of sp³-hybridized carbons (Fsp3) is 1.00. The smallest absolute Gasteiger partial charge is 0.0333 e. The predicted octanol–water partition coefficient (Wildman–Crippen LogP) is 0.833.